The summed E-state index contributed by atoms with van der Waals surface area (Å²) in [4.78, 5) is 0. The molecule has 1 aliphatic rings. The lowest BCUT2D eigenvalue weighted by molar-refractivity contribution is 0.393. The van der Waals surface area contributed by atoms with Gasteiger partial charge in [-0.05, 0) is 43.6 Å². The Balaban J connectivity index is 2.22. The molecule has 1 saturated carbocycles. The van der Waals surface area contributed by atoms with Crippen molar-refractivity contribution in [1.82, 2.24) is 5.32 Å². The van der Waals surface area contributed by atoms with Crippen LogP contribution in [0.4, 0.5) is 0 Å². The van der Waals surface area contributed by atoms with Crippen LogP contribution < -0.4 is 14.8 Å². The van der Waals surface area contributed by atoms with Crippen LogP contribution in [0.15, 0.2) is 18.2 Å². The lowest BCUT2D eigenvalue weighted by Crippen LogP contribution is -2.20. The Morgan fingerprint density at radius 3 is 2.72 bits per heavy atom. The summed E-state index contributed by atoms with van der Waals surface area (Å²) < 4.78 is 10.8. The molecule has 18 heavy (non-hydrogen) atoms. The first-order chi connectivity index (χ1) is 8.65. The number of hydrogen-bond donors (Lipinski definition) is 1. The summed E-state index contributed by atoms with van der Waals surface area (Å²) in [6, 6.07) is 6.07. The van der Waals surface area contributed by atoms with Crippen LogP contribution in [0.3, 0.4) is 0 Å². The lowest BCUT2D eigenvalue weighted by Gasteiger charge is -2.17. The molecule has 0 radical (unpaired) electrons. The van der Waals surface area contributed by atoms with Gasteiger partial charge in [-0.25, -0.2) is 0 Å². The van der Waals surface area contributed by atoms with Crippen molar-refractivity contribution in [3.8, 4) is 11.5 Å². The van der Waals surface area contributed by atoms with Crippen molar-refractivity contribution in [3.63, 3.8) is 0 Å². The summed E-state index contributed by atoms with van der Waals surface area (Å²) in [7, 11) is 3.44. The highest BCUT2D eigenvalue weighted by molar-refractivity contribution is 5.48. The van der Waals surface area contributed by atoms with Crippen molar-refractivity contribution in [3.05, 3.63) is 23.8 Å². The average Bonchev–Trinajstić information content (AvgIpc) is 3.07. The van der Waals surface area contributed by atoms with E-state index in [1.165, 1.54) is 12.0 Å². The van der Waals surface area contributed by atoms with E-state index in [4.69, 9.17) is 9.47 Å². The molecular formula is C15H23NO2. The average molecular weight is 249 g/mol. The Hall–Kier alpha value is -1.22. The summed E-state index contributed by atoms with van der Waals surface area (Å²) in [5.74, 6) is 2.57. The van der Waals surface area contributed by atoms with E-state index >= 15 is 0 Å². The first-order valence-electron chi connectivity index (χ1n) is 6.59. The molecule has 0 amide bonds. The van der Waals surface area contributed by atoms with Gasteiger partial charge in [-0.3, -0.25) is 0 Å². The van der Waals surface area contributed by atoms with Crippen LogP contribution in [0.5, 0.6) is 11.5 Å². The number of methoxy groups -OCH3 is 2. The molecular weight excluding hydrogens is 226 g/mol. The smallest absolute Gasteiger partial charge is 0.122 e. The molecule has 2 unspecified atom stereocenters. The Kier molecular flexibility index (Phi) is 3.81. The molecule has 2 rings (SSSR count). The fourth-order valence-electron chi connectivity index (χ4n) is 2.66. The van der Waals surface area contributed by atoms with Crippen LogP contribution in [0.2, 0.25) is 0 Å². The van der Waals surface area contributed by atoms with E-state index in [2.05, 4.69) is 25.2 Å². The third-order valence-corrected chi connectivity index (χ3v) is 4.07. The zero-order valence-corrected chi connectivity index (χ0v) is 11.7. The minimum atomic E-state index is 0.224. The third-order valence-electron chi connectivity index (χ3n) is 4.07. The van der Waals surface area contributed by atoms with E-state index in [-0.39, 0.29) is 5.41 Å². The second kappa shape index (κ2) is 5.19. The van der Waals surface area contributed by atoms with Gasteiger partial charge in [-0.1, -0.05) is 13.8 Å². The van der Waals surface area contributed by atoms with Gasteiger partial charge < -0.3 is 14.8 Å². The Morgan fingerprint density at radius 2 is 2.11 bits per heavy atom. The quantitative estimate of drug-likeness (QED) is 0.840. The maximum atomic E-state index is 5.49. The van der Waals surface area contributed by atoms with Crippen LogP contribution in [0.25, 0.3) is 0 Å². The number of benzene rings is 1. The maximum absolute atomic E-state index is 5.49. The molecule has 0 spiro atoms. The van der Waals surface area contributed by atoms with Crippen LogP contribution in [0, 0.1) is 5.92 Å². The molecule has 1 aromatic rings. The minimum absolute atomic E-state index is 0.224. The predicted molar refractivity (Wildman–Crippen MR) is 73.5 cm³/mol. The van der Waals surface area contributed by atoms with Gasteiger partial charge in [0.25, 0.3) is 0 Å². The lowest BCUT2D eigenvalue weighted by atomic mass is 9.94. The standard InChI is InChI=1S/C15H23NO2/c1-5-16-10-11-9-15(11,2)13-8-12(17-3)6-7-14(13)18-4/h6-8,11,16H,5,9-10H2,1-4H3. The molecule has 3 nitrogen and oxygen atoms in total. The third kappa shape index (κ3) is 2.32. The zero-order chi connectivity index (χ0) is 13.2. The number of hydrogen-bond acceptors (Lipinski definition) is 3. The van der Waals surface area contributed by atoms with E-state index in [0.29, 0.717) is 5.92 Å². The second-order valence-corrected chi connectivity index (χ2v) is 5.19. The number of nitrogens with one attached hydrogen (secondary N) is 1. The molecule has 1 fully saturated rings. The first-order valence-corrected chi connectivity index (χ1v) is 6.59. The van der Waals surface area contributed by atoms with Gasteiger partial charge in [0, 0.05) is 11.0 Å². The summed E-state index contributed by atoms with van der Waals surface area (Å²) >= 11 is 0. The maximum Gasteiger partial charge on any atom is 0.122 e. The van der Waals surface area contributed by atoms with E-state index in [1.54, 1.807) is 14.2 Å². The zero-order valence-electron chi connectivity index (χ0n) is 11.7. The van der Waals surface area contributed by atoms with Crippen LogP contribution in [-0.2, 0) is 5.41 Å². The number of ether oxygens (including phenoxy) is 2. The van der Waals surface area contributed by atoms with Gasteiger partial charge in [-0.2, -0.15) is 0 Å². The fraction of sp³-hybridized carbons (Fsp3) is 0.600. The molecule has 0 aliphatic heterocycles. The van der Waals surface area contributed by atoms with Crippen molar-refractivity contribution in [2.24, 2.45) is 5.92 Å². The van der Waals surface area contributed by atoms with Crippen LogP contribution >= 0.6 is 0 Å². The molecule has 3 heteroatoms. The molecule has 1 N–H and O–H groups in total. The SMILES string of the molecule is CCNCC1CC1(C)c1cc(OC)ccc1OC. The highest BCUT2D eigenvalue weighted by atomic mass is 16.5. The fourth-order valence-corrected chi connectivity index (χ4v) is 2.66. The summed E-state index contributed by atoms with van der Waals surface area (Å²) in [5.41, 5.74) is 1.49. The monoisotopic (exact) mass is 249 g/mol. The summed E-state index contributed by atoms with van der Waals surface area (Å²) in [6.07, 6.45) is 1.21. The Morgan fingerprint density at radius 1 is 1.33 bits per heavy atom. The second-order valence-electron chi connectivity index (χ2n) is 5.19. The molecule has 0 bridgehead atoms. The highest BCUT2D eigenvalue weighted by Crippen LogP contribution is 2.56. The Bertz CT molecular complexity index is 419. The highest BCUT2D eigenvalue weighted by Gasteiger charge is 2.52. The molecule has 1 aromatic carbocycles. The first kappa shape index (κ1) is 13.2. The van der Waals surface area contributed by atoms with Gasteiger partial charge in [0.15, 0.2) is 0 Å². The molecule has 0 saturated heterocycles. The van der Waals surface area contributed by atoms with Crippen molar-refractivity contribution in [2.45, 2.75) is 25.7 Å². The summed E-state index contributed by atoms with van der Waals surface area (Å²) in [5, 5.41) is 3.43. The van der Waals surface area contributed by atoms with Gasteiger partial charge in [0.1, 0.15) is 11.5 Å². The van der Waals surface area contributed by atoms with Gasteiger partial charge in [-0.15, -0.1) is 0 Å². The van der Waals surface area contributed by atoms with E-state index in [0.717, 1.165) is 24.6 Å². The largest absolute Gasteiger partial charge is 0.497 e. The number of rotatable bonds is 6. The Labute approximate surface area is 109 Å². The molecule has 1 aliphatic carbocycles. The van der Waals surface area contributed by atoms with Crippen molar-refractivity contribution in [2.75, 3.05) is 27.3 Å². The van der Waals surface area contributed by atoms with E-state index in [1.807, 2.05) is 12.1 Å². The molecule has 2 atom stereocenters. The van der Waals surface area contributed by atoms with Gasteiger partial charge >= 0.3 is 0 Å². The molecule has 0 heterocycles. The van der Waals surface area contributed by atoms with Crippen LogP contribution in [-0.4, -0.2) is 27.3 Å². The van der Waals surface area contributed by atoms with E-state index < -0.39 is 0 Å². The van der Waals surface area contributed by atoms with Crippen molar-refractivity contribution in [1.29, 1.82) is 0 Å². The van der Waals surface area contributed by atoms with Crippen LogP contribution in [0.1, 0.15) is 25.8 Å². The molecule has 0 aromatic heterocycles. The van der Waals surface area contributed by atoms with Crippen molar-refractivity contribution < 1.29 is 9.47 Å². The minimum Gasteiger partial charge on any atom is -0.497 e. The summed E-state index contributed by atoms with van der Waals surface area (Å²) in [6.45, 7) is 6.56. The molecule has 100 valence electrons. The van der Waals surface area contributed by atoms with Crippen molar-refractivity contribution >= 4 is 0 Å². The van der Waals surface area contributed by atoms with Gasteiger partial charge in [0.2, 0.25) is 0 Å². The normalized spacial score (nSPS) is 25.9. The van der Waals surface area contributed by atoms with Gasteiger partial charge in [0.05, 0.1) is 14.2 Å². The topological polar surface area (TPSA) is 30.5 Å². The predicted octanol–water partition coefficient (Wildman–Crippen LogP) is 2.59. The van der Waals surface area contributed by atoms with E-state index in [9.17, 15) is 0 Å².